The number of hydrogen-bond donors (Lipinski definition) is 0. The second-order valence-electron chi connectivity index (χ2n) is 6.92. The van der Waals surface area contributed by atoms with Gasteiger partial charge in [0.25, 0.3) is 5.89 Å². The SMILES string of the molecule is Cc1ccc(CN2CCC[C@@H](c3nnc(-c4ccc(C)s4)o3)C2)cc1. The highest BCUT2D eigenvalue weighted by Crippen LogP contribution is 2.31. The van der Waals surface area contributed by atoms with Crippen molar-refractivity contribution in [2.75, 3.05) is 13.1 Å². The fraction of sp³-hybridized carbons (Fsp3) is 0.400. The highest BCUT2D eigenvalue weighted by atomic mass is 32.1. The van der Waals surface area contributed by atoms with Crippen LogP contribution in [0.2, 0.25) is 0 Å². The van der Waals surface area contributed by atoms with E-state index in [9.17, 15) is 0 Å². The minimum atomic E-state index is 0.335. The van der Waals surface area contributed by atoms with Gasteiger partial charge in [-0.25, -0.2) is 0 Å². The number of thiophene rings is 1. The first-order valence-electron chi connectivity index (χ1n) is 8.85. The lowest BCUT2D eigenvalue weighted by atomic mass is 9.97. The molecule has 0 N–H and O–H groups in total. The molecule has 0 bridgehead atoms. The largest absolute Gasteiger partial charge is 0.420 e. The van der Waals surface area contributed by atoms with Crippen LogP contribution in [-0.2, 0) is 6.54 Å². The Kier molecular flexibility index (Phi) is 4.68. The van der Waals surface area contributed by atoms with E-state index in [1.54, 1.807) is 11.3 Å². The van der Waals surface area contributed by atoms with Gasteiger partial charge in [-0.1, -0.05) is 29.8 Å². The standard InChI is InChI=1S/C20H23N3OS/c1-14-5-8-16(9-6-14)12-23-11-3-4-17(13-23)19-21-22-20(24-19)18-10-7-15(2)25-18/h5-10,17H,3-4,11-13H2,1-2H3/t17-/m1/s1. The van der Waals surface area contributed by atoms with Crippen LogP contribution in [0.25, 0.3) is 10.8 Å². The number of aromatic nitrogens is 2. The van der Waals surface area contributed by atoms with Crippen molar-refractivity contribution in [3.05, 3.63) is 58.3 Å². The molecule has 0 saturated carbocycles. The normalized spacial score (nSPS) is 18.6. The Bertz CT molecular complexity index is 837. The van der Waals surface area contributed by atoms with Crippen molar-refractivity contribution < 1.29 is 4.42 Å². The summed E-state index contributed by atoms with van der Waals surface area (Å²) in [4.78, 5) is 4.82. The maximum Gasteiger partial charge on any atom is 0.257 e. The molecule has 1 aliphatic rings. The van der Waals surface area contributed by atoms with E-state index < -0.39 is 0 Å². The van der Waals surface area contributed by atoms with Crippen LogP contribution in [0, 0.1) is 13.8 Å². The van der Waals surface area contributed by atoms with Crippen LogP contribution >= 0.6 is 11.3 Å². The number of rotatable bonds is 4. The van der Waals surface area contributed by atoms with Gasteiger partial charge in [0.15, 0.2) is 0 Å². The summed E-state index contributed by atoms with van der Waals surface area (Å²) in [6, 6.07) is 13.0. The minimum absolute atomic E-state index is 0.335. The topological polar surface area (TPSA) is 42.2 Å². The lowest BCUT2D eigenvalue weighted by Crippen LogP contribution is -2.34. The van der Waals surface area contributed by atoms with Gasteiger partial charge in [0.05, 0.1) is 10.8 Å². The van der Waals surface area contributed by atoms with Crippen LogP contribution in [0.5, 0.6) is 0 Å². The van der Waals surface area contributed by atoms with Crippen LogP contribution < -0.4 is 0 Å². The summed E-state index contributed by atoms with van der Waals surface area (Å²) in [5.74, 6) is 1.78. The first kappa shape index (κ1) is 16.5. The van der Waals surface area contributed by atoms with Gasteiger partial charge in [-0.05, 0) is 50.9 Å². The second kappa shape index (κ2) is 7.10. The average Bonchev–Trinajstić information content (AvgIpc) is 3.26. The van der Waals surface area contributed by atoms with Gasteiger partial charge in [0.1, 0.15) is 0 Å². The van der Waals surface area contributed by atoms with E-state index in [4.69, 9.17) is 4.42 Å². The fourth-order valence-corrected chi connectivity index (χ4v) is 4.19. The number of likely N-dealkylation sites (tertiary alicyclic amines) is 1. The maximum atomic E-state index is 6.00. The zero-order valence-corrected chi connectivity index (χ0v) is 15.6. The van der Waals surface area contributed by atoms with Crippen LogP contribution in [-0.4, -0.2) is 28.2 Å². The van der Waals surface area contributed by atoms with E-state index in [1.807, 2.05) is 0 Å². The summed E-state index contributed by atoms with van der Waals surface area (Å²) in [7, 11) is 0. The van der Waals surface area contributed by atoms with Crippen LogP contribution in [0.15, 0.2) is 40.8 Å². The molecule has 4 nitrogen and oxygen atoms in total. The van der Waals surface area contributed by atoms with Crippen molar-refractivity contribution in [1.82, 2.24) is 15.1 Å². The van der Waals surface area contributed by atoms with Gasteiger partial charge in [-0.2, -0.15) is 0 Å². The fourth-order valence-electron chi connectivity index (χ4n) is 3.40. The predicted molar refractivity (Wildman–Crippen MR) is 101 cm³/mol. The molecule has 1 saturated heterocycles. The zero-order valence-electron chi connectivity index (χ0n) is 14.7. The average molecular weight is 353 g/mol. The van der Waals surface area contributed by atoms with E-state index >= 15 is 0 Å². The van der Waals surface area contributed by atoms with Crippen molar-refractivity contribution in [3.8, 4) is 10.8 Å². The van der Waals surface area contributed by atoms with Crippen molar-refractivity contribution in [2.24, 2.45) is 0 Å². The molecule has 1 atom stereocenters. The van der Waals surface area contributed by atoms with Gasteiger partial charge < -0.3 is 4.42 Å². The third kappa shape index (κ3) is 3.83. The van der Waals surface area contributed by atoms with Crippen molar-refractivity contribution in [1.29, 1.82) is 0 Å². The smallest absolute Gasteiger partial charge is 0.257 e. The van der Waals surface area contributed by atoms with Gasteiger partial charge in [-0.3, -0.25) is 4.90 Å². The van der Waals surface area contributed by atoms with Gasteiger partial charge in [0.2, 0.25) is 5.89 Å². The van der Waals surface area contributed by atoms with E-state index in [-0.39, 0.29) is 0 Å². The lowest BCUT2D eigenvalue weighted by molar-refractivity contribution is 0.186. The van der Waals surface area contributed by atoms with E-state index in [0.717, 1.165) is 36.8 Å². The second-order valence-corrected chi connectivity index (χ2v) is 8.20. The number of benzene rings is 1. The Morgan fingerprint density at radius 1 is 1.12 bits per heavy atom. The van der Waals surface area contributed by atoms with Crippen LogP contribution in [0.3, 0.4) is 0 Å². The van der Waals surface area contributed by atoms with Gasteiger partial charge in [0, 0.05) is 18.0 Å². The molecule has 1 aromatic carbocycles. The molecular weight excluding hydrogens is 330 g/mol. The molecule has 3 aromatic rings. The first-order valence-corrected chi connectivity index (χ1v) is 9.67. The van der Waals surface area contributed by atoms with Crippen LogP contribution in [0.4, 0.5) is 0 Å². The molecule has 0 amide bonds. The molecule has 5 heteroatoms. The molecule has 0 spiro atoms. The van der Waals surface area contributed by atoms with Crippen molar-refractivity contribution in [2.45, 2.75) is 39.2 Å². The van der Waals surface area contributed by atoms with Crippen LogP contribution in [0.1, 0.15) is 40.7 Å². The summed E-state index contributed by atoms with van der Waals surface area (Å²) < 4.78 is 6.00. The molecule has 4 rings (SSSR count). The quantitative estimate of drug-likeness (QED) is 0.676. The monoisotopic (exact) mass is 353 g/mol. The van der Waals surface area contributed by atoms with Crippen molar-refractivity contribution >= 4 is 11.3 Å². The summed E-state index contributed by atoms with van der Waals surface area (Å²) in [6.45, 7) is 7.33. The molecule has 0 unspecified atom stereocenters. The Hall–Kier alpha value is -1.98. The van der Waals surface area contributed by atoms with Crippen molar-refractivity contribution in [3.63, 3.8) is 0 Å². The zero-order chi connectivity index (χ0) is 17.2. The highest BCUT2D eigenvalue weighted by molar-refractivity contribution is 7.15. The summed E-state index contributed by atoms with van der Waals surface area (Å²) >= 11 is 1.70. The van der Waals surface area contributed by atoms with E-state index in [1.165, 1.54) is 22.4 Å². The Labute approximate surface area is 152 Å². The molecular formula is C20H23N3OS. The van der Waals surface area contributed by atoms with E-state index in [2.05, 4.69) is 65.3 Å². The molecule has 25 heavy (non-hydrogen) atoms. The maximum absolute atomic E-state index is 6.00. The number of nitrogens with zero attached hydrogens (tertiary/aromatic N) is 3. The Morgan fingerprint density at radius 3 is 2.72 bits per heavy atom. The van der Waals surface area contributed by atoms with Gasteiger partial charge in [-0.15, -0.1) is 21.5 Å². The Balaban J connectivity index is 1.44. The molecule has 0 radical (unpaired) electrons. The Morgan fingerprint density at radius 2 is 1.96 bits per heavy atom. The van der Waals surface area contributed by atoms with Gasteiger partial charge >= 0.3 is 0 Å². The summed E-state index contributed by atoms with van der Waals surface area (Å²) in [5.41, 5.74) is 2.68. The first-order chi connectivity index (χ1) is 12.2. The third-order valence-corrected chi connectivity index (χ3v) is 5.76. The molecule has 3 heterocycles. The lowest BCUT2D eigenvalue weighted by Gasteiger charge is -2.31. The number of piperidine rings is 1. The third-order valence-electron chi connectivity index (χ3n) is 4.77. The highest BCUT2D eigenvalue weighted by Gasteiger charge is 2.26. The molecule has 130 valence electrons. The van der Waals surface area contributed by atoms with E-state index in [0.29, 0.717) is 11.8 Å². The number of hydrogen-bond acceptors (Lipinski definition) is 5. The predicted octanol–water partition coefficient (Wildman–Crippen LogP) is 4.79. The molecule has 0 aliphatic carbocycles. The molecule has 2 aromatic heterocycles. The number of aryl methyl sites for hydroxylation is 2. The molecule has 1 fully saturated rings. The minimum Gasteiger partial charge on any atom is -0.420 e. The summed E-state index contributed by atoms with van der Waals surface area (Å²) in [6.07, 6.45) is 2.29. The molecule has 1 aliphatic heterocycles. The summed E-state index contributed by atoms with van der Waals surface area (Å²) in [5, 5.41) is 8.61.